The van der Waals surface area contributed by atoms with E-state index < -0.39 is 11.9 Å². The molecule has 0 aromatic heterocycles. The van der Waals surface area contributed by atoms with Gasteiger partial charge in [0.25, 0.3) is 5.91 Å². The summed E-state index contributed by atoms with van der Waals surface area (Å²) in [6, 6.07) is 4.59. The van der Waals surface area contributed by atoms with Gasteiger partial charge in [-0.15, -0.1) is 0 Å². The van der Waals surface area contributed by atoms with Crippen molar-refractivity contribution in [3.8, 4) is 11.5 Å². The van der Waals surface area contributed by atoms with Crippen molar-refractivity contribution < 1.29 is 24.2 Å². The average molecular weight is 293 g/mol. The van der Waals surface area contributed by atoms with Crippen molar-refractivity contribution in [1.29, 1.82) is 0 Å². The molecule has 1 aromatic carbocycles. The highest BCUT2D eigenvalue weighted by atomic mass is 16.5. The van der Waals surface area contributed by atoms with Gasteiger partial charge in [-0.3, -0.25) is 9.59 Å². The Morgan fingerprint density at radius 3 is 2.62 bits per heavy atom. The van der Waals surface area contributed by atoms with Crippen molar-refractivity contribution >= 4 is 11.9 Å². The van der Waals surface area contributed by atoms with E-state index in [9.17, 15) is 9.59 Å². The molecule has 6 nitrogen and oxygen atoms in total. The summed E-state index contributed by atoms with van der Waals surface area (Å²) >= 11 is 0. The number of carbonyl (C=O) groups is 2. The van der Waals surface area contributed by atoms with Gasteiger partial charge in [-0.05, 0) is 31.0 Å². The number of aliphatic carboxylic acids is 1. The number of ether oxygens (including phenoxy) is 2. The molecule has 1 fully saturated rings. The average Bonchev–Trinajstić information content (AvgIpc) is 2.94. The Morgan fingerprint density at radius 2 is 2.00 bits per heavy atom. The SMILES string of the molecule is COc1ccc(OC)c(C(=O)NC2CCCC2C(=O)O)c1. The highest BCUT2D eigenvalue weighted by molar-refractivity contribution is 5.97. The number of carboxylic acids is 1. The lowest BCUT2D eigenvalue weighted by atomic mass is 10.0. The predicted molar refractivity (Wildman–Crippen MR) is 75.8 cm³/mol. The molecule has 1 saturated carbocycles. The van der Waals surface area contributed by atoms with Gasteiger partial charge in [0.1, 0.15) is 11.5 Å². The highest BCUT2D eigenvalue weighted by Crippen LogP contribution is 2.28. The van der Waals surface area contributed by atoms with E-state index >= 15 is 0 Å². The molecule has 0 radical (unpaired) electrons. The van der Waals surface area contributed by atoms with Crippen LogP contribution in [0.5, 0.6) is 11.5 Å². The number of hydrogen-bond acceptors (Lipinski definition) is 4. The quantitative estimate of drug-likeness (QED) is 0.863. The second kappa shape index (κ2) is 6.47. The zero-order valence-electron chi connectivity index (χ0n) is 12.1. The molecular formula is C15H19NO5. The van der Waals surface area contributed by atoms with Crippen LogP contribution in [-0.2, 0) is 4.79 Å². The lowest BCUT2D eigenvalue weighted by Gasteiger charge is -2.18. The van der Waals surface area contributed by atoms with Gasteiger partial charge in [0, 0.05) is 6.04 Å². The third-order valence-electron chi connectivity index (χ3n) is 3.80. The zero-order valence-corrected chi connectivity index (χ0v) is 12.1. The van der Waals surface area contributed by atoms with Crippen LogP contribution in [0.3, 0.4) is 0 Å². The molecule has 1 aromatic rings. The summed E-state index contributed by atoms with van der Waals surface area (Å²) < 4.78 is 10.3. The van der Waals surface area contributed by atoms with E-state index in [2.05, 4.69) is 5.32 Å². The minimum absolute atomic E-state index is 0.341. The summed E-state index contributed by atoms with van der Waals surface area (Å²) in [4.78, 5) is 23.5. The van der Waals surface area contributed by atoms with Gasteiger partial charge in [0.15, 0.2) is 0 Å². The van der Waals surface area contributed by atoms with E-state index in [0.717, 1.165) is 6.42 Å². The van der Waals surface area contributed by atoms with Crippen molar-refractivity contribution in [3.63, 3.8) is 0 Å². The van der Waals surface area contributed by atoms with Crippen molar-refractivity contribution in [2.45, 2.75) is 25.3 Å². The molecule has 1 amide bonds. The van der Waals surface area contributed by atoms with Crippen molar-refractivity contribution in [1.82, 2.24) is 5.32 Å². The van der Waals surface area contributed by atoms with Gasteiger partial charge in [0.05, 0.1) is 25.7 Å². The van der Waals surface area contributed by atoms with E-state index in [1.165, 1.54) is 14.2 Å². The molecule has 0 bridgehead atoms. The van der Waals surface area contributed by atoms with E-state index in [4.69, 9.17) is 14.6 Å². The Bertz CT molecular complexity index is 543. The van der Waals surface area contributed by atoms with Crippen LogP contribution in [0, 0.1) is 5.92 Å². The lowest BCUT2D eigenvalue weighted by Crippen LogP contribution is -2.40. The standard InChI is InChI=1S/C15H19NO5/c1-20-9-6-7-13(21-2)11(8-9)14(17)16-12-5-3-4-10(12)15(18)19/h6-8,10,12H,3-5H2,1-2H3,(H,16,17)(H,18,19). The molecule has 2 unspecified atom stereocenters. The minimum atomic E-state index is -0.865. The summed E-state index contributed by atoms with van der Waals surface area (Å²) in [7, 11) is 3.00. The molecule has 0 saturated heterocycles. The first-order valence-corrected chi connectivity index (χ1v) is 6.82. The zero-order chi connectivity index (χ0) is 15.4. The number of benzene rings is 1. The van der Waals surface area contributed by atoms with Crippen LogP contribution in [0.15, 0.2) is 18.2 Å². The number of methoxy groups -OCH3 is 2. The monoisotopic (exact) mass is 293 g/mol. The van der Waals surface area contributed by atoms with Gasteiger partial charge >= 0.3 is 5.97 Å². The highest BCUT2D eigenvalue weighted by Gasteiger charge is 2.34. The Balaban J connectivity index is 2.18. The molecule has 0 heterocycles. The number of rotatable bonds is 5. The fourth-order valence-electron chi connectivity index (χ4n) is 2.67. The molecule has 6 heteroatoms. The molecule has 0 aliphatic heterocycles. The Kier molecular flexibility index (Phi) is 4.67. The molecule has 114 valence electrons. The molecule has 21 heavy (non-hydrogen) atoms. The first kappa shape index (κ1) is 15.2. The van der Waals surface area contributed by atoms with Crippen LogP contribution < -0.4 is 14.8 Å². The van der Waals surface area contributed by atoms with E-state index in [-0.39, 0.29) is 11.9 Å². The number of amides is 1. The van der Waals surface area contributed by atoms with Crippen LogP contribution in [0.1, 0.15) is 29.6 Å². The van der Waals surface area contributed by atoms with Crippen molar-refractivity contribution in [3.05, 3.63) is 23.8 Å². The number of hydrogen-bond donors (Lipinski definition) is 2. The first-order chi connectivity index (χ1) is 10.1. The molecular weight excluding hydrogens is 274 g/mol. The van der Waals surface area contributed by atoms with Crippen LogP contribution in [0.4, 0.5) is 0 Å². The Labute approximate surface area is 123 Å². The van der Waals surface area contributed by atoms with Crippen molar-refractivity contribution in [2.75, 3.05) is 14.2 Å². The number of carbonyl (C=O) groups excluding carboxylic acids is 1. The molecule has 2 atom stereocenters. The summed E-state index contributed by atoms with van der Waals surface area (Å²) in [5.74, 6) is -0.759. The second-order valence-electron chi connectivity index (χ2n) is 5.02. The van der Waals surface area contributed by atoms with Gasteiger partial charge in [-0.2, -0.15) is 0 Å². The molecule has 1 aliphatic carbocycles. The Morgan fingerprint density at radius 1 is 1.24 bits per heavy atom. The largest absolute Gasteiger partial charge is 0.497 e. The summed E-state index contributed by atoms with van der Waals surface area (Å²) in [5.41, 5.74) is 0.341. The molecule has 2 rings (SSSR count). The first-order valence-electron chi connectivity index (χ1n) is 6.82. The maximum Gasteiger partial charge on any atom is 0.308 e. The summed E-state index contributed by atoms with van der Waals surface area (Å²) in [6.07, 6.45) is 2.07. The van der Waals surface area contributed by atoms with Crippen LogP contribution in [-0.4, -0.2) is 37.2 Å². The molecule has 2 N–H and O–H groups in total. The van der Waals surface area contributed by atoms with E-state index in [1.807, 2.05) is 0 Å². The number of nitrogens with one attached hydrogen (secondary N) is 1. The van der Waals surface area contributed by atoms with E-state index in [1.54, 1.807) is 18.2 Å². The van der Waals surface area contributed by atoms with Crippen LogP contribution in [0.25, 0.3) is 0 Å². The minimum Gasteiger partial charge on any atom is -0.497 e. The smallest absolute Gasteiger partial charge is 0.308 e. The third kappa shape index (κ3) is 3.26. The lowest BCUT2D eigenvalue weighted by molar-refractivity contribution is -0.142. The van der Waals surface area contributed by atoms with Gasteiger partial charge in [0.2, 0.25) is 0 Å². The number of carboxylic acid groups (broad SMARTS) is 1. The molecule has 0 spiro atoms. The van der Waals surface area contributed by atoms with Gasteiger partial charge < -0.3 is 19.9 Å². The maximum absolute atomic E-state index is 12.4. The summed E-state index contributed by atoms with van der Waals surface area (Å²) in [6.45, 7) is 0. The Hall–Kier alpha value is -2.24. The van der Waals surface area contributed by atoms with Gasteiger partial charge in [-0.1, -0.05) is 6.42 Å². The van der Waals surface area contributed by atoms with E-state index in [0.29, 0.717) is 29.9 Å². The van der Waals surface area contributed by atoms with Crippen LogP contribution >= 0.6 is 0 Å². The van der Waals surface area contributed by atoms with Crippen LogP contribution in [0.2, 0.25) is 0 Å². The fraction of sp³-hybridized carbons (Fsp3) is 0.467. The summed E-state index contributed by atoms with van der Waals surface area (Å²) in [5, 5.41) is 12.0. The normalized spacial score (nSPS) is 20.9. The molecule has 1 aliphatic rings. The predicted octanol–water partition coefficient (Wildman–Crippen LogP) is 1.69. The topological polar surface area (TPSA) is 84.9 Å². The van der Waals surface area contributed by atoms with Crippen molar-refractivity contribution in [2.24, 2.45) is 5.92 Å². The van der Waals surface area contributed by atoms with Gasteiger partial charge in [-0.25, -0.2) is 0 Å². The fourth-order valence-corrected chi connectivity index (χ4v) is 2.67. The second-order valence-corrected chi connectivity index (χ2v) is 5.02. The third-order valence-corrected chi connectivity index (χ3v) is 3.80. The maximum atomic E-state index is 12.4.